The van der Waals surface area contributed by atoms with Crippen molar-refractivity contribution in [2.24, 2.45) is 0 Å². The summed E-state index contributed by atoms with van der Waals surface area (Å²) in [6, 6.07) is 0. The Morgan fingerprint density at radius 1 is 1.14 bits per heavy atom. The monoisotopic (exact) mass is 314 g/mol. The van der Waals surface area contributed by atoms with Gasteiger partial charge in [0.2, 0.25) is 0 Å². The third kappa shape index (κ3) is 8.62. The van der Waals surface area contributed by atoms with Gasteiger partial charge in [0.15, 0.2) is 14.6 Å². The van der Waals surface area contributed by atoms with Gasteiger partial charge in [0.25, 0.3) is 0 Å². The smallest absolute Gasteiger partial charge is 0.193 e. The van der Waals surface area contributed by atoms with Crippen LogP contribution < -0.4 is 0 Å². The van der Waals surface area contributed by atoms with Crippen molar-refractivity contribution in [1.29, 1.82) is 0 Å². The lowest BCUT2D eigenvalue weighted by atomic mass is 10.2. The molecule has 0 N–H and O–H groups in total. The SMILES string of the molecule is C#CC(CCCCOC(C)OCC)O[Si](C)(C)C(C)(C)C. The van der Waals surface area contributed by atoms with Crippen molar-refractivity contribution in [3.63, 3.8) is 0 Å². The highest BCUT2D eigenvalue weighted by atomic mass is 28.4. The number of ether oxygens (including phenoxy) is 2. The highest BCUT2D eigenvalue weighted by Crippen LogP contribution is 2.37. The van der Waals surface area contributed by atoms with Gasteiger partial charge in [-0.05, 0) is 51.2 Å². The number of hydrogen-bond donors (Lipinski definition) is 0. The molecular weight excluding hydrogens is 280 g/mol. The molecular formula is C17H34O3Si. The van der Waals surface area contributed by atoms with E-state index in [-0.39, 0.29) is 17.4 Å². The summed E-state index contributed by atoms with van der Waals surface area (Å²) in [7, 11) is -1.78. The maximum atomic E-state index is 6.26. The number of terminal acetylenes is 1. The minimum atomic E-state index is -1.78. The van der Waals surface area contributed by atoms with Gasteiger partial charge in [-0.1, -0.05) is 26.7 Å². The molecule has 4 heteroatoms. The topological polar surface area (TPSA) is 27.7 Å². The molecule has 0 amide bonds. The molecule has 0 saturated heterocycles. The van der Waals surface area contributed by atoms with Crippen LogP contribution in [0.15, 0.2) is 0 Å². The van der Waals surface area contributed by atoms with E-state index in [1.54, 1.807) is 0 Å². The standard InChI is InChI=1S/C17H34O3Si/c1-9-16(20-21(7,8)17(4,5)6)13-11-12-14-19-15(3)18-10-2/h1,15-16H,10-14H2,2-8H3. The number of unbranched alkanes of at least 4 members (excludes halogenated alkanes) is 1. The summed E-state index contributed by atoms with van der Waals surface area (Å²) in [6.45, 7) is 16.5. The molecule has 0 aliphatic rings. The molecule has 0 spiro atoms. The van der Waals surface area contributed by atoms with Crippen molar-refractivity contribution < 1.29 is 13.9 Å². The Balaban J connectivity index is 4.00. The minimum Gasteiger partial charge on any atom is -0.403 e. The predicted octanol–water partition coefficient (Wildman–Crippen LogP) is 4.58. The van der Waals surface area contributed by atoms with Crippen LogP contribution in [0, 0.1) is 12.3 Å². The highest BCUT2D eigenvalue weighted by Gasteiger charge is 2.38. The molecule has 2 atom stereocenters. The molecule has 2 unspecified atom stereocenters. The molecule has 0 bridgehead atoms. The summed E-state index contributed by atoms with van der Waals surface area (Å²) in [6.07, 6.45) is 8.32. The molecule has 0 aliphatic heterocycles. The van der Waals surface area contributed by atoms with Crippen molar-refractivity contribution >= 4 is 8.32 Å². The van der Waals surface area contributed by atoms with Crippen molar-refractivity contribution in [3.05, 3.63) is 0 Å². The van der Waals surface area contributed by atoms with Gasteiger partial charge < -0.3 is 13.9 Å². The second-order valence-electron chi connectivity index (χ2n) is 6.92. The molecule has 0 aromatic rings. The van der Waals surface area contributed by atoms with E-state index in [4.69, 9.17) is 20.3 Å². The van der Waals surface area contributed by atoms with Crippen LogP contribution in [0.2, 0.25) is 18.1 Å². The Morgan fingerprint density at radius 2 is 1.76 bits per heavy atom. The summed E-state index contributed by atoms with van der Waals surface area (Å²) < 4.78 is 17.1. The first-order valence-corrected chi connectivity index (χ1v) is 10.9. The van der Waals surface area contributed by atoms with Crippen LogP contribution in [0.3, 0.4) is 0 Å². The second-order valence-corrected chi connectivity index (χ2v) is 11.7. The van der Waals surface area contributed by atoms with Gasteiger partial charge in [0, 0.05) is 13.2 Å². The van der Waals surface area contributed by atoms with E-state index in [1.807, 2.05) is 13.8 Å². The molecule has 0 saturated carbocycles. The van der Waals surface area contributed by atoms with Crippen molar-refractivity contribution in [2.45, 2.75) is 84.4 Å². The zero-order valence-electron chi connectivity index (χ0n) is 15.0. The van der Waals surface area contributed by atoms with Gasteiger partial charge in [0.05, 0.1) is 0 Å². The Bertz CT molecular complexity index is 315. The predicted molar refractivity (Wildman–Crippen MR) is 91.8 cm³/mol. The van der Waals surface area contributed by atoms with E-state index in [9.17, 15) is 0 Å². The fourth-order valence-corrected chi connectivity index (χ4v) is 2.92. The van der Waals surface area contributed by atoms with E-state index >= 15 is 0 Å². The average Bonchev–Trinajstić information content (AvgIpc) is 2.35. The average molecular weight is 315 g/mol. The quantitative estimate of drug-likeness (QED) is 0.256. The summed E-state index contributed by atoms with van der Waals surface area (Å²) in [5.74, 6) is 2.80. The molecule has 0 aliphatic carbocycles. The second kappa shape index (κ2) is 9.63. The van der Waals surface area contributed by atoms with Gasteiger partial charge in [-0.25, -0.2) is 0 Å². The first kappa shape index (κ1) is 20.7. The van der Waals surface area contributed by atoms with Crippen LogP contribution in [0.5, 0.6) is 0 Å². The van der Waals surface area contributed by atoms with E-state index in [2.05, 4.69) is 39.8 Å². The Hall–Kier alpha value is -0.343. The Labute approximate surface area is 132 Å². The lowest BCUT2D eigenvalue weighted by Gasteiger charge is -2.38. The molecule has 0 fully saturated rings. The van der Waals surface area contributed by atoms with Crippen LogP contribution in [-0.4, -0.2) is 33.9 Å². The van der Waals surface area contributed by atoms with Gasteiger partial charge in [0.1, 0.15) is 6.10 Å². The molecule has 3 nitrogen and oxygen atoms in total. The van der Waals surface area contributed by atoms with Crippen LogP contribution in [-0.2, 0) is 13.9 Å². The third-order valence-electron chi connectivity index (χ3n) is 4.04. The van der Waals surface area contributed by atoms with Crippen LogP contribution in [0.1, 0.15) is 53.9 Å². The largest absolute Gasteiger partial charge is 0.403 e. The minimum absolute atomic E-state index is 0.0739. The van der Waals surface area contributed by atoms with Crippen molar-refractivity contribution in [1.82, 2.24) is 0 Å². The highest BCUT2D eigenvalue weighted by molar-refractivity contribution is 6.74. The van der Waals surface area contributed by atoms with Crippen LogP contribution in [0.4, 0.5) is 0 Å². The Morgan fingerprint density at radius 3 is 2.24 bits per heavy atom. The lowest BCUT2D eigenvalue weighted by Crippen LogP contribution is -2.43. The van der Waals surface area contributed by atoms with Crippen molar-refractivity contribution in [2.75, 3.05) is 13.2 Å². The zero-order valence-corrected chi connectivity index (χ0v) is 16.0. The van der Waals surface area contributed by atoms with Crippen LogP contribution >= 0.6 is 0 Å². The third-order valence-corrected chi connectivity index (χ3v) is 8.53. The van der Waals surface area contributed by atoms with E-state index in [1.165, 1.54) is 0 Å². The van der Waals surface area contributed by atoms with E-state index < -0.39 is 8.32 Å². The van der Waals surface area contributed by atoms with Gasteiger partial charge in [-0.15, -0.1) is 6.42 Å². The summed E-state index contributed by atoms with van der Waals surface area (Å²) in [5, 5.41) is 0.193. The maximum Gasteiger partial charge on any atom is 0.193 e. The normalized spacial score (nSPS) is 15.5. The molecule has 0 radical (unpaired) electrons. The zero-order chi connectivity index (χ0) is 16.5. The summed E-state index contributed by atoms with van der Waals surface area (Å²) >= 11 is 0. The molecule has 124 valence electrons. The maximum absolute atomic E-state index is 6.26. The van der Waals surface area contributed by atoms with E-state index in [0.717, 1.165) is 19.3 Å². The first-order chi connectivity index (χ1) is 9.64. The van der Waals surface area contributed by atoms with Gasteiger partial charge in [-0.3, -0.25) is 0 Å². The fraction of sp³-hybridized carbons (Fsp3) is 0.882. The first-order valence-electron chi connectivity index (χ1n) is 8.01. The molecule has 0 aromatic carbocycles. The number of rotatable bonds is 10. The molecule has 0 heterocycles. The van der Waals surface area contributed by atoms with Gasteiger partial charge in [-0.2, -0.15) is 0 Å². The lowest BCUT2D eigenvalue weighted by molar-refractivity contribution is -0.127. The molecule has 0 rings (SSSR count). The van der Waals surface area contributed by atoms with Gasteiger partial charge >= 0.3 is 0 Å². The number of hydrogen-bond acceptors (Lipinski definition) is 3. The van der Waals surface area contributed by atoms with Crippen molar-refractivity contribution in [3.8, 4) is 12.3 Å². The van der Waals surface area contributed by atoms with Crippen LogP contribution in [0.25, 0.3) is 0 Å². The summed E-state index contributed by atoms with van der Waals surface area (Å²) in [4.78, 5) is 0. The van der Waals surface area contributed by atoms with E-state index in [0.29, 0.717) is 13.2 Å². The fourth-order valence-electron chi connectivity index (χ4n) is 1.67. The Kier molecular flexibility index (Phi) is 9.47. The molecule has 21 heavy (non-hydrogen) atoms. The molecule has 0 aromatic heterocycles. The summed E-state index contributed by atoms with van der Waals surface area (Å²) in [5.41, 5.74) is 0.